The van der Waals surface area contributed by atoms with E-state index in [-0.39, 0.29) is 6.54 Å². The van der Waals surface area contributed by atoms with Gasteiger partial charge in [-0.1, -0.05) is 30.3 Å². The lowest BCUT2D eigenvalue weighted by molar-refractivity contribution is 0.0430. The zero-order valence-electron chi connectivity index (χ0n) is 11.3. The second kappa shape index (κ2) is 7.29. The van der Waals surface area contributed by atoms with Crippen LogP contribution in [0.3, 0.4) is 0 Å². The van der Waals surface area contributed by atoms with E-state index in [4.69, 9.17) is 10.5 Å². The molecule has 0 spiro atoms. The van der Waals surface area contributed by atoms with Crippen LogP contribution in [0.4, 0.5) is 0 Å². The molecule has 106 valence electrons. The first kappa shape index (κ1) is 14.9. The Bertz CT molecular complexity index is 368. The summed E-state index contributed by atoms with van der Waals surface area (Å²) in [6, 6.07) is 9.72. The molecule has 0 aliphatic carbocycles. The van der Waals surface area contributed by atoms with Crippen LogP contribution in [0.15, 0.2) is 30.3 Å². The fourth-order valence-electron chi connectivity index (χ4n) is 2.34. The largest absolute Gasteiger partial charge is 0.384 e. The highest BCUT2D eigenvalue weighted by Gasteiger charge is 2.27. The van der Waals surface area contributed by atoms with Crippen LogP contribution >= 0.6 is 11.8 Å². The highest BCUT2D eigenvalue weighted by molar-refractivity contribution is 7.99. The maximum Gasteiger partial charge on any atom is 0.103 e. The molecule has 1 heterocycles. The van der Waals surface area contributed by atoms with Crippen molar-refractivity contribution in [3.05, 3.63) is 35.9 Å². The number of aliphatic hydroxyl groups is 1. The zero-order chi connectivity index (χ0) is 13.6. The van der Waals surface area contributed by atoms with Crippen LogP contribution in [0.5, 0.6) is 0 Å². The van der Waals surface area contributed by atoms with Crippen molar-refractivity contribution in [3.63, 3.8) is 0 Å². The molecule has 2 rings (SSSR count). The van der Waals surface area contributed by atoms with E-state index in [0.717, 1.165) is 23.7 Å². The molecule has 1 aromatic carbocycles. The summed E-state index contributed by atoms with van der Waals surface area (Å²) in [6.45, 7) is 1.17. The Morgan fingerprint density at radius 3 is 2.79 bits per heavy atom. The minimum absolute atomic E-state index is 0.261. The van der Waals surface area contributed by atoms with Gasteiger partial charge in [-0.2, -0.15) is 11.8 Å². The molecule has 2 unspecified atom stereocenters. The lowest BCUT2D eigenvalue weighted by Gasteiger charge is -2.27. The van der Waals surface area contributed by atoms with Crippen LogP contribution in [0.25, 0.3) is 0 Å². The number of benzene rings is 1. The number of hydrogen-bond acceptors (Lipinski definition) is 4. The lowest BCUT2D eigenvalue weighted by atomic mass is 9.91. The molecule has 1 fully saturated rings. The standard InChI is InChI=1S/C15H23NO2S/c16-12-15(17,13-5-2-1-3-6-13)8-10-19-11-14-7-4-9-18-14/h1-3,5-6,14,17H,4,7-12,16H2. The zero-order valence-corrected chi connectivity index (χ0v) is 12.1. The van der Waals surface area contributed by atoms with Crippen LogP contribution in [0.1, 0.15) is 24.8 Å². The third kappa shape index (κ3) is 4.21. The number of hydrogen-bond donors (Lipinski definition) is 2. The molecule has 3 nitrogen and oxygen atoms in total. The summed E-state index contributed by atoms with van der Waals surface area (Å²) in [5.74, 6) is 1.93. The van der Waals surface area contributed by atoms with E-state index in [1.807, 2.05) is 42.1 Å². The monoisotopic (exact) mass is 281 g/mol. The summed E-state index contributed by atoms with van der Waals surface area (Å²) in [5, 5.41) is 10.6. The molecule has 1 aromatic rings. The van der Waals surface area contributed by atoms with E-state index in [9.17, 15) is 5.11 Å². The maximum absolute atomic E-state index is 10.6. The third-order valence-electron chi connectivity index (χ3n) is 3.64. The van der Waals surface area contributed by atoms with Crippen molar-refractivity contribution in [1.29, 1.82) is 0 Å². The molecular weight excluding hydrogens is 258 g/mol. The first-order valence-electron chi connectivity index (χ1n) is 6.92. The normalized spacial score (nSPS) is 22.3. The van der Waals surface area contributed by atoms with Gasteiger partial charge in [0.15, 0.2) is 0 Å². The van der Waals surface area contributed by atoms with Gasteiger partial charge >= 0.3 is 0 Å². The van der Waals surface area contributed by atoms with Crippen molar-refractivity contribution >= 4 is 11.8 Å². The van der Waals surface area contributed by atoms with Crippen molar-refractivity contribution in [1.82, 2.24) is 0 Å². The number of nitrogens with two attached hydrogens (primary N) is 1. The van der Waals surface area contributed by atoms with Crippen molar-refractivity contribution in [2.24, 2.45) is 5.73 Å². The molecule has 0 saturated carbocycles. The van der Waals surface area contributed by atoms with E-state index in [1.165, 1.54) is 12.8 Å². The fraction of sp³-hybridized carbons (Fsp3) is 0.600. The van der Waals surface area contributed by atoms with Gasteiger partial charge in [0.1, 0.15) is 5.60 Å². The molecule has 0 bridgehead atoms. The molecule has 2 atom stereocenters. The smallest absolute Gasteiger partial charge is 0.103 e. The summed E-state index contributed by atoms with van der Waals surface area (Å²) in [6.07, 6.45) is 3.45. The molecular formula is C15H23NO2S. The van der Waals surface area contributed by atoms with Crippen LogP contribution < -0.4 is 5.73 Å². The summed E-state index contributed by atoms with van der Waals surface area (Å²) in [4.78, 5) is 0. The van der Waals surface area contributed by atoms with Crippen LogP contribution in [0.2, 0.25) is 0 Å². The second-order valence-corrected chi connectivity index (χ2v) is 6.21. The van der Waals surface area contributed by atoms with Gasteiger partial charge in [-0.3, -0.25) is 0 Å². The highest BCUT2D eigenvalue weighted by atomic mass is 32.2. The molecule has 0 amide bonds. The maximum atomic E-state index is 10.6. The lowest BCUT2D eigenvalue weighted by Crippen LogP contribution is -2.35. The third-order valence-corrected chi connectivity index (χ3v) is 4.74. The van der Waals surface area contributed by atoms with Crippen molar-refractivity contribution in [2.45, 2.75) is 31.0 Å². The molecule has 1 saturated heterocycles. The summed E-state index contributed by atoms with van der Waals surface area (Å²) >= 11 is 1.85. The molecule has 19 heavy (non-hydrogen) atoms. The van der Waals surface area contributed by atoms with Gasteiger partial charge in [-0.05, 0) is 30.6 Å². The molecule has 0 radical (unpaired) electrons. The average molecular weight is 281 g/mol. The summed E-state index contributed by atoms with van der Waals surface area (Å²) < 4.78 is 5.59. The van der Waals surface area contributed by atoms with Gasteiger partial charge in [-0.15, -0.1) is 0 Å². The predicted molar refractivity (Wildman–Crippen MR) is 80.3 cm³/mol. The van der Waals surface area contributed by atoms with Crippen molar-refractivity contribution in [2.75, 3.05) is 24.7 Å². The van der Waals surface area contributed by atoms with Gasteiger partial charge in [-0.25, -0.2) is 0 Å². The Morgan fingerprint density at radius 1 is 1.37 bits per heavy atom. The van der Waals surface area contributed by atoms with Crippen molar-refractivity contribution in [3.8, 4) is 0 Å². The topological polar surface area (TPSA) is 55.5 Å². The number of rotatable bonds is 7. The number of ether oxygens (including phenoxy) is 1. The number of thioether (sulfide) groups is 1. The van der Waals surface area contributed by atoms with Gasteiger partial charge in [0.05, 0.1) is 6.10 Å². The van der Waals surface area contributed by atoms with Gasteiger partial charge < -0.3 is 15.6 Å². The second-order valence-electron chi connectivity index (χ2n) is 5.06. The first-order chi connectivity index (χ1) is 9.24. The fourth-order valence-corrected chi connectivity index (χ4v) is 3.52. The Hall–Kier alpha value is -0.550. The average Bonchev–Trinajstić information content (AvgIpc) is 2.97. The van der Waals surface area contributed by atoms with Crippen LogP contribution in [0, 0.1) is 0 Å². The molecule has 3 N–H and O–H groups in total. The Labute approximate surface area is 119 Å². The van der Waals surface area contributed by atoms with Crippen LogP contribution in [-0.2, 0) is 10.3 Å². The Kier molecular flexibility index (Phi) is 5.70. The summed E-state index contributed by atoms with van der Waals surface area (Å²) in [5.41, 5.74) is 5.77. The molecule has 4 heteroatoms. The van der Waals surface area contributed by atoms with Crippen LogP contribution in [-0.4, -0.2) is 35.9 Å². The minimum Gasteiger partial charge on any atom is -0.384 e. The molecule has 0 aromatic heterocycles. The van der Waals surface area contributed by atoms with Gasteiger partial charge in [0.25, 0.3) is 0 Å². The molecule has 1 aliphatic rings. The quantitative estimate of drug-likeness (QED) is 0.752. The Balaban J connectivity index is 1.78. The van der Waals surface area contributed by atoms with Gasteiger partial charge in [0.2, 0.25) is 0 Å². The van der Waals surface area contributed by atoms with E-state index in [0.29, 0.717) is 12.5 Å². The van der Waals surface area contributed by atoms with E-state index in [1.54, 1.807) is 0 Å². The first-order valence-corrected chi connectivity index (χ1v) is 8.07. The molecule has 1 aliphatic heterocycles. The van der Waals surface area contributed by atoms with E-state index in [2.05, 4.69) is 0 Å². The predicted octanol–water partition coefficient (Wildman–Crippen LogP) is 2.14. The van der Waals surface area contributed by atoms with Gasteiger partial charge in [0, 0.05) is 18.9 Å². The highest BCUT2D eigenvalue weighted by Crippen LogP contribution is 2.26. The van der Waals surface area contributed by atoms with Crippen molar-refractivity contribution < 1.29 is 9.84 Å². The van der Waals surface area contributed by atoms with E-state index < -0.39 is 5.60 Å². The SMILES string of the molecule is NCC(O)(CCSCC1CCCO1)c1ccccc1. The minimum atomic E-state index is -0.898. The van der Waals surface area contributed by atoms with E-state index >= 15 is 0 Å². The summed E-state index contributed by atoms with van der Waals surface area (Å²) in [7, 11) is 0. The Morgan fingerprint density at radius 2 is 2.16 bits per heavy atom.